The van der Waals surface area contributed by atoms with Crippen molar-refractivity contribution in [1.29, 1.82) is 0 Å². The largest absolute Gasteiger partial charge is 0.481 e. The Hall–Kier alpha value is -2.30. The Morgan fingerprint density at radius 3 is 2.29 bits per heavy atom. The molecule has 0 atom stereocenters. The fraction of sp³-hybridized carbons (Fsp3) is 0.375. The van der Waals surface area contributed by atoms with Crippen molar-refractivity contribution in [3.05, 3.63) is 35.9 Å². The van der Waals surface area contributed by atoms with Crippen LogP contribution in [0.1, 0.15) is 32.8 Å². The van der Waals surface area contributed by atoms with E-state index >= 15 is 0 Å². The van der Waals surface area contributed by atoms with Crippen LogP contribution in [0.4, 0.5) is 5.95 Å². The molecule has 0 amide bonds. The van der Waals surface area contributed by atoms with Crippen LogP contribution in [0.25, 0.3) is 0 Å². The van der Waals surface area contributed by atoms with E-state index in [0.717, 1.165) is 6.42 Å². The average Bonchev–Trinajstić information content (AvgIpc) is 2.47. The smallest absolute Gasteiger partial charge is 0.227 e. The van der Waals surface area contributed by atoms with Crippen molar-refractivity contribution in [2.24, 2.45) is 0 Å². The zero-order valence-electron chi connectivity index (χ0n) is 12.9. The van der Waals surface area contributed by atoms with Gasteiger partial charge < -0.3 is 15.2 Å². The zero-order valence-corrected chi connectivity index (χ0v) is 12.9. The molecule has 1 aromatic carbocycles. The standard InChI is InChI=1S/C16H21N3O2/c1-5-16(2,3)11-6-8-12(9-7-11)21-14-10-13(20-4)18-15(17)19-14/h6-10H,5H2,1-4H3,(H2,17,18,19). The van der Waals surface area contributed by atoms with Gasteiger partial charge in [-0.1, -0.05) is 32.9 Å². The molecule has 0 fully saturated rings. The lowest BCUT2D eigenvalue weighted by molar-refractivity contribution is 0.389. The summed E-state index contributed by atoms with van der Waals surface area (Å²) in [5.41, 5.74) is 7.03. The highest BCUT2D eigenvalue weighted by Gasteiger charge is 2.17. The van der Waals surface area contributed by atoms with Gasteiger partial charge in [0.1, 0.15) is 5.75 Å². The summed E-state index contributed by atoms with van der Waals surface area (Å²) in [5.74, 6) is 1.56. The lowest BCUT2D eigenvalue weighted by Crippen LogP contribution is -2.14. The molecule has 1 heterocycles. The lowest BCUT2D eigenvalue weighted by Gasteiger charge is -2.23. The maximum atomic E-state index is 5.69. The summed E-state index contributed by atoms with van der Waals surface area (Å²) >= 11 is 0. The molecule has 0 radical (unpaired) electrons. The van der Waals surface area contributed by atoms with Crippen LogP contribution < -0.4 is 15.2 Å². The number of ether oxygens (including phenoxy) is 2. The maximum Gasteiger partial charge on any atom is 0.227 e. The molecule has 2 aromatic rings. The molecular weight excluding hydrogens is 266 g/mol. The van der Waals surface area contributed by atoms with Crippen molar-refractivity contribution in [1.82, 2.24) is 9.97 Å². The molecule has 112 valence electrons. The van der Waals surface area contributed by atoms with E-state index in [-0.39, 0.29) is 11.4 Å². The third-order valence-corrected chi connectivity index (χ3v) is 3.65. The van der Waals surface area contributed by atoms with Crippen molar-refractivity contribution in [3.8, 4) is 17.5 Å². The van der Waals surface area contributed by atoms with Crippen LogP contribution in [-0.2, 0) is 5.41 Å². The van der Waals surface area contributed by atoms with Gasteiger partial charge in [0.2, 0.25) is 17.7 Å². The fourth-order valence-corrected chi connectivity index (χ4v) is 1.88. The highest BCUT2D eigenvalue weighted by molar-refractivity contribution is 5.36. The Balaban J connectivity index is 2.19. The van der Waals surface area contributed by atoms with Gasteiger partial charge in [-0.15, -0.1) is 0 Å². The first-order chi connectivity index (χ1) is 9.94. The minimum absolute atomic E-state index is 0.119. The number of hydrogen-bond acceptors (Lipinski definition) is 5. The van der Waals surface area contributed by atoms with E-state index in [0.29, 0.717) is 17.5 Å². The van der Waals surface area contributed by atoms with Gasteiger partial charge in [0.25, 0.3) is 0 Å². The molecule has 0 aliphatic carbocycles. The van der Waals surface area contributed by atoms with E-state index < -0.39 is 0 Å². The van der Waals surface area contributed by atoms with E-state index in [2.05, 4.69) is 42.9 Å². The van der Waals surface area contributed by atoms with E-state index in [1.54, 1.807) is 6.07 Å². The summed E-state index contributed by atoms with van der Waals surface area (Å²) in [6.07, 6.45) is 1.08. The summed E-state index contributed by atoms with van der Waals surface area (Å²) in [5, 5.41) is 0. The second kappa shape index (κ2) is 5.99. The molecule has 1 aromatic heterocycles. The Kier molecular flexibility index (Phi) is 4.31. The number of hydrogen-bond donors (Lipinski definition) is 1. The first kappa shape index (κ1) is 15.1. The third-order valence-electron chi connectivity index (χ3n) is 3.65. The SMILES string of the molecule is CCC(C)(C)c1ccc(Oc2cc(OC)nc(N)n2)cc1. The van der Waals surface area contributed by atoms with Crippen LogP contribution in [0.2, 0.25) is 0 Å². The van der Waals surface area contributed by atoms with Gasteiger partial charge in [-0.2, -0.15) is 9.97 Å². The number of nitrogens with zero attached hydrogens (tertiary/aromatic N) is 2. The molecule has 5 nitrogen and oxygen atoms in total. The molecule has 2 N–H and O–H groups in total. The molecule has 0 spiro atoms. The first-order valence-electron chi connectivity index (χ1n) is 6.91. The van der Waals surface area contributed by atoms with Gasteiger partial charge in [0.15, 0.2) is 0 Å². The number of nitrogens with two attached hydrogens (primary N) is 1. The van der Waals surface area contributed by atoms with E-state index in [9.17, 15) is 0 Å². The van der Waals surface area contributed by atoms with Crippen LogP contribution >= 0.6 is 0 Å². The molecular formula is C16H21N3O2. The minimum atomic E-state index is 0.119. The average molecular weight is 287 g/mol. The minimum Gasteiger partial charge on any atom is -0.481 e. The highest BCUT2D eigenvalue weighted by Crippen LogP contribution is 2.29. The van der Waals surface area contributed by atoms with Gasteiger partial charge in [0.05, 0.1) is 13.2 Å². The predicted octanol–water partition coefficient (Wildman–Crippen LogP) is 3.55. The Morgan fingerprint density at radius 1 is 1.10 bits per heavy atom. The number of methoxy groups -OCH3 is 1. The highest BCUT2D eigenvalue weighted by atomic mass is 16.5. The second-order valence-corrected chi connectivity index (χ2v) is 5.47. The molecule has 2 rings (SSSR count). The number of nitrogen functional groups attached to an aromatic ring is 1. The molecule has 21 heavy (non-hydrogen) atoms. The van der Waals surface area contributed by atoms with Gasteiger partial charge >= 0.3 is 0 Å². The van der Waals surface area contributed by atoms with Crippen molar-refractivity contribution in [3.63, 3.8) is 0 Å². The van der Waals surface area contributed by atoms with Crippen molar-refractivity contribution in [2.45, 2.75) is 32.6 Å². The van der Waals surface area contributed by atoms with E-state index in [1.165, 1.54) is 12.7 Å². The fourth-order valence-electron chi connectivity index (χ4n) is 1.88. The van der Waals surface area contributed by atoms with Crippen LogP contribution in [0, 0.1) is 0 Å². The lowest BCUT2D eigenvalue weighted by atomic mass is 9.82. The third kappa shape index (κ3) is 3.62. The number of anilines is 1. The molecule has 0 saturated heterocycles. The molecule has 0 bridgehead atoms. The van der Waals surface area contributed by atoms with E-state index in [1.807, 2.05) is 12.1 Å². The van der Waals surface area contributed by atoms with Crippen LogP contribution in [0.5, 0.6) is 17.5 Å². The normalized spacial score (nSPS) is 11.2. The monoisotopic (exact) mass is 287 g/mol. The van der Waals surface area contributed by atoms with Crippen LogP contribution in [0.3, 0.4) is 0 Å². The zero-order chi connectivity index (χ0) is 15.5. The molecule has 0 aliphatic heterocycles. The predicted molar refractivity (Wildman–Crippen MR) is 82.8 cm³/mol. The quantitative estimate of drug-likeness (QED) is 0.910. The summed E-state index contributed by atoms with van der Waals surface area (Å²) in [6.45, 7) is 6.62. The Bertz CT molecular complexity index is 609. The molecule has 0 saturated carbocycles. The van der Waals surface area contributed by atoms with Gasteiger partial charge in [-0.05, 0) is 29.5 Å². The number of rotatable bonds is 5. The van der Waals surface area contributed by atoms with Crippen molar-refractivity contribution in [2.75, 3.05) is 12.8 Å². The summed E-state index contributed by atoms with van der Waals surface area (Å²) < 4.78 is 10.7. The molecule has 0 aliphatic rings. The van der Waals surface area contributed by atoms with Gasteiger partial charge in [-0.25, -0.2) is 0 Å². The van der Waals surface area contributed by atoms with Crippen LogP contribution in [0.15, 0.2) is 30.3 Å². The van der Waals surface area contributed by atoms with Crippen molar-refractivity contribution < 1.29 is 9.47 Å². The second-order valence-electron chi connectivity index (χ2n) is 5.47. The Morgan fingerprint density at radius 2 is 1.71 bits per heavy atom. The molecule has 5 heteroatoms. The first-order valence-corrected chi connectivity index (χ1v) is 6.91. The van der Waals surface area contributed by atoms with Gasteiger partial charge in [-0.3, -0.25) is 0 Å². The Labute approximate surface area is 125 Å². The van der Waals surface area contributed by atoms with E-state index in [4.69, 9.17) is 15.2 Å². The topological polar surface area (TPSA) is 70.3 Å². The maximum absolute atomic E-state index is 5.69. The number of aromatic nitrogens is 2. The van der Waals surface area contributed by atoms with Crippen molar-refractivity contribution >= 4 is 5.95 Å². The summed E-state index contributed by atoms with van der Waals surface area (Å²) in [4.78, 5) is 7.94. The summed E-state index contributed by atoms with van der Waals surface area (Å²) in [6, 6.07) is 9.59. The number of benzene rings is 1. The summed E-state index contributed by atoms with van der Waals surface area (Å²) in [7, 11) is 1.52. The molecule has 0 unspecified atom stereocenters. The van der Waals surface area contributed by atoms with Gasteiger partial charge in [0, 0.05) is 0 Å². The van der Waals surface area contributed by atoms with Crippen LogP contribution in [-0.4, -0.2) is 17.1 Å².